The second-order valence-electron chi connectivity index (χ2n) is 9.23. The third-order valence-corrected chi connectivity index (χ3v) is 5.76. The van der Waals surface area contributed by atoms with Gasteiger partial charge in [0.2, 0.25) is 5.91 Å². The molecule has 4 rings (SSSR count). The van der Waals surface area contributed by atoms with Crippen LogP contribution in [0.15, 0.2) is 36.7 Å². The molecule has 0 spiro atoms. The van der Waals surface area contributed by atoms with Crippen LogP contribution in [-0.2, 0) is 22.6 Å². The summed E-state index contributed by atoms with van der Waals surface area (Å²) in [5.41, 5.74) is 4.57. The fourth-order valence-corrected chi connectivity index (χ4v) is 4.07. The quantitative estimate of drug-likeness (QED) is 0.629. The van der Waals surface area contributed by atoms with Crippen LogP contribution in [0.25, 0.3) is 22.2 Å². The number of carbonyl (C=O) groups is 2. The number of aliphatic hydroxyl groups is 1. The number of anilines is 1. The van der Waals surface area contributed by atoms with Gasteiger partial charge in [0.05, 0.1) is 6.61 Å². The fraction of sp³-hybridized carbons (Fsp3) is 0.400. The average Bonchev–Trinajstić information content (AvgIpc) is 3.19. The summed E-state index contributed by atoms with van der Waals surface area (Å²) in [6.45, 7) is 8.09. The Morgan fingerprint density at radius 3 is 2.67 bits per heavy atom. The number of nitrogens with one attached hydrogen (secondary N) is 1. The number of rotatable bonds is 4. The van der Waals surface area contributed by atoms with Crippen LogP contribution in [0.3, 0.4) is 0 Å². The molecule has 0 radical (unpaired) electrons. The van der Waals surface area contributed by atoms with Crippen LogP contribution in [-0.4, -0.2) is 57.2 Å². The molecule has 33 heavy (non-hydrogen) atoms. The maximum atomic E-state index is 12.9. The van der Waals surface area contributed by atoms with Crippen molar-refractivity contribution >= 4 is 28.7 Å². The molecule has 2 N–H and O–H groups in total. The molecule has 1 aliphatic rings. The van der Waals surface area contributed by atoms with Gasteiger partial charge in [0.15, 0.2) is 0 Å². The molecular formula is C25H30N4O4. The molecule has 3 heterocycles. The zero-order valence-corrected chi connectivity index (χ0v) is 19.5. The number of amides is 2. The highest BCUT2D eigenvalue weighted by Crippen LogP contribution is 2.32. The number of nitrogens with zero attached hydrogens (tertiary/aromatic N) is 3. The molecule has 1 saturated heterocycles. The van der Waals surface area contributed by atoms with Crippen molar-refractivity contribution in [2.45, 2.75) is 46.3 Å². The molecule has 174 valence electrons. The van der Waals surface area contributed by atoms with Crippen LogP contribution in [0.2, 0.25) is 0 Å². The van der Waals surface area contributed by atoms with E-state index in [0.29, 0.717) is 13.1 Å². The third kappa shape index (κ3) is 4.71. The van der Waals surface area contributed by atoms with Gasteiger partial charge in [-0.2, -0.15) is 0 Å². The van der Waals surface area contributed by atoms with Crippen molar-refractivity contribution in [3.8, 4) is 11.1 Å². The molecule has 8 heteroatoms. The average molecular weight is 451 g/mol. The molecule has 0 unspecified atom stereocenters. The van der Waals surface area contributed by atoms with Gasteiger partial charge in [-0.3, -0.25) is 9.69 Å². The van der Waals surface area contributed by atoms with Crippen LogP contribution in [0.4, 0.5) is 10.5 Å². The molecule has 1 aliphatic heterocycles. The number of hydrogen-bond acceptors (Lipinski definition) is 5. The molecular weight excluding hydrogens is 420 g/mol. The number of fused-ring (bicyclic) bond motifs is 1. The first-order valence-corrected chi connectivity index (χ1v) is 11.2. The highest BCUT2D eigenvalue weighted by molar-refractivity contribution is 5.98. The molecule has 0 aliphatic carbocycles. The standard InChI is InChI=1S/C25H30N4O4/c1-5-16-12-26-23-21(16)10-18(13-27-23)20-11-19(7-6-17(20)15-30)29-9-8-28(14-22(29)31)24(32)33-25(2,3)4/h6-7,10-13,30H,5,8-9,14-15H2,1-4H3,(H,26,27). The zero-order valence-electron chi connectivity index (χ0n) is 19.5. The number of ether oxygens (including phenoxy) is 1. The Bertz CT molecular complexity index is 1190. The van der Waals surface area contributed by atoms with E-state index < -0.39 is 11.7 Å². The van der Waals surface area contributed by atoms with Crippen molar-refractivity contribution in [2.24, 2.45) is 0 Å². The van der Waals surface area contributed by atoms with Gasteiger partial charge in [-0.25, -0.2) is 9.78 Å². The van der Waals surface area contributed by atoms with Crippen LogP contribution in [0, 0.1) is 0 Å². The van der Waals surface area contributed by atoms with Gasteiger partial charge < -0.3 is 19.7 Å². The summed E-state index contributed by atoms with van der Waals surface area (Å²) in [7, 11) is 0. The zero-order chi connectivity index (χ0) is 23.8. The van der Waals surface area contributed by atoms with Gasteiger partial charge in [0.25, 0.3) is 0 Å². The lowest BCUT2D eigenvalue weighted by Crippen LogP contribution is -2.53. The summed E-state index contributed by atoms with van der Waals surface area (Å²) in [6, 6.07) is 7.64. The van der Waals surface area contributed by atoms with Gasteiger partial charge in [-0.1, -0.05) is 13.0 Å². The lowest BCUT2D eigenvalue weighted by molar-refractivity contribution is -0.121. The van der Waals surface area contributed by atoms with Crippen LogP contribution >= 0.6 is 0 Å². The Hall–Kier alpha value is -3.39. The Kier molecular flexibility index (Phi) is 6.12. The number of aromatic nitrogens is 2. The van der Waals surface area contributed by atoms with Gasteiger partial charge in [0, 0.05) is 42.1 Å². The van der Waals surface area contributed by atoms with Gasteiger partial charge in [-0.15, -0.1) is 0 Å². The number of pyridine rings is 1. The number of H-pyrrole nitrogens is 1. The lowest BCUT2D eigenvalue weighted by atomic mass is 9.98. The molecule has 1 aromatic carbocycles. The SMILES string of the molecule is CCc1c[nH]c2ncc(-c3cc(N4CCN(C(=O)OC(C)(C)C)CC4=O)ccc3CO)cc12. The number of aromatic amines is 1. The summed E-state index contributed by atoms with van der Waals surface area (Å²) < 4.78 is 5.40. The molecule has 1 fully saturated rings. The first-order valence-electron chi connectivity index (χ1n) is 11.2. The van der Waals surface area contributed by atoms with E-state index in [9.17, 15) is 14.7 Å². The number of benzene rings is 1. The smallest absolute Gasteiger partial charge is 0.410 e. The highest BCUT2D eigenvalue weighted by Gasteiger charge is 2.31. The molecule has 2 aromatic heterocycles. The summed E-state index contributed by atoms with van der Waals surface area (Å²) in [4.78, 5) is 36.1. The van der Waals surface area contributed by atoms with Crippen LogP contribution < -0.4 is 4.90 Å². The third-order valence-electron chi connectivity index (χ3n) is 5.76. The van der Waals surface area contributed by atoms with E-state index in [-0.39, 0.29) is 19.1 Å². The number of aryl methyl sites for hydroxylation is 1. The van der Waals surface area contributed by atoms with Gasteiger partial charge in [-0.05, 0) is 62.1 Å². The predicted octanol–water partition coefficient (Wildman–Crippen LogP) is 3.87. The monoisotopic (exact) mass is 450 g/mol. The molecule has 2 amide bonds. The van der Waals surface area contributed by atoms with E-state index >= 15 is 0 Å². The van der Waals surface area contributed by atoms with Gasteiger partial charge >= 0.3 is 6.09 Å². The van der Waals surface area contributed by atoms with E-state index in [1.54, 1.807) is 31.9 Å². The number of aliphatic hydroxyl groups excluding tert-OH is 1. The molecule has 3 aromatic rings. The molecule has 0 atom stereocenters. The van der Waals surface area contributed by atoms with Crippen molar-refractivity contribution in [3.63, 3.8) is 0 Å². The van der Waals surface area contributed by atoms with Crippen molar-refractivity contribution < 1.29 is 19.4 Å². The fourth-order valence-electron chi connectivity index (χ4n) is 4.07. The van der Waals surface area contributed by atoms with E-state index in [1.165, 1.54) is 10.5 Å². The van der Waals surface area contributed by atoms with Crippen LogP contribution in [0.1, 0.15) is 38.8 Å². The molecule has 8 nitrogen and oxygen atoms in total. The Labute approximate surface area is 193 Å². The largest absolute Gasteiger partial charge is 0.444 e. The predicted molar refractivity (Wildman–Crippen MR) is 127 cm³/mol. The van der Waals surface area contributed by atoms with E-state index in [2.05, 4.69) is 23.0 Å². The number of carbonyl (C=O) groups excluding carboxylic acids is 2. The molecule has 0 bridgehead atoms. The Morgan fingerprint density at radius 2 is 2.00 bits per heavy atom. The molecule has 0 saturated carbocycles. The normalized spacial score (nSPS) is 14.8. The second kappa shape index (κ2) is 8.86. The first-order chi connectivity index (χ1) is 15.7. The van der Waals surface area contributed by atoms with Gasteiger partial charge in [0.1, 0.15) is 17.8 Å². The Morgan fingerprint density at radius 1 is 1.21 bits per heavy atom. The summed E-state index contributed by atoms with van der Waals surface area (Å²) in [6.07, 6.45) is 4.14. The van der Waals surface area contributed by atoms with E-state index in [4.69, 9.17) is 4.74 Å². The first kappa shape index (κ1) is 22.8. The minimum atomic E-state index is -0.613. The van der Waals surface area contributed by atoms with Crippen molar-refractivity contribution in [1.29, 1.82) is 0 Å². The van der Waals surface area contributed by atoms with Crippen molar-refractivity contribution in [2.75, 3.05) is 24.5 Å². The van der Waals surface area contributed by atoms with E-state index in [1.807, 2.05) is 24.4 Å². The Balaban J connectivity index is 1.61. The topological polar surface area (TPSA) is 98.8 Å². The maximum absolute atomic E-state index is 12.9. The highest BCUT2D eigenvalue weighted by atomic mass is 16.6. The number of hydrogen-bond donors (Lipinski definition) is 2. The number of piperazine rings is 1. The minimum absolute atomic E-state index is 0.0390. The maximum Gasteiger partial charge on any atom is 0.410 e. The van der Waals surface area contributed by atoms with Crippen molar-refractivity contribution in [3.05, 3.63) is 47.8 Å². The van der Waals surface area contributed by atoms with Crippen molar-refractivity contribution in [1.82, 2.24) is 14.9 Å². The lowest BCUT2D eigenvalue weighted by Gasteiger charge is -2.35. The summed E-state index contributed by atoms with van der Waals surface area (Å²) in [5.74, 6) is -0.178. The summed E-state index contributed by atoms with van der Waals surface area (Å²) in [5, 5.41) is 11.0. The van der Waals surface area contributed by atoms with Crippen LogP contribution in [0.5, 0.6) is 0 Å². The van der Waals surface area contributed by atoms with E-state index in [0.717, 1.165) is 39.8 Å². The minimum Gasteiger partial charge on any atom is -0.444 e. The second-order valence-corrected chi connectivity index (χ2v) is 9.23. The summed E-state index contributed by atoms with van der Waals surface area (Å²) >= 11 is 0.